The van der Waals surface area contributed by atoms with Gasteiger partial charge in [-0.25, -0.2) is 4.98 Å². The van der Waals surface area contributed by atoms with Crippen molar-refractivity contribution in [1.82, 2.24) is 4.98 Å². The maximum Gasteiger partial charge on any atom is 0.198 e. The van der Waals surface area contributed by atoms with E-state index >= 15 is 0 Å². The van der Waals surface area contributed by atoms with E-state index in [9.17, 15) is 0 Å². The van der Waals surface area contributed by atoms with E-state index < -0.39 is 0 Å². The zero-order chi connectivity index (χ0) is 15.4. The van der Waals surface area contributed by atoms with E-state index in [1.165, 1.54) is 4.88 Å². The smallest absolute Gasteiger partial charge is 0.198 e. The minimum atomic E-state index is -0.0441. The van der Waals surface area contributed by atoms with Crippen molar-refractivity contribution < 1.29 is 0 Å². The van der Waals surface area contributed by atoms with Crippen molar-refractivity contribution in [2.24, 2.45) is 5.73 Å². The van der Waals surface area contributed by atoms with Gasteiger partial charge in [-0.15, -0.1) is 11.3 Å². The van der Waals surface area contributed by atoms with Crippen LogP contribution in [-0.4, -0.2) is 10.9 Å². The van der Waals surface area contributed by atoms with Crippen LogP contribution in [-0.2, 0) is 6.42 Å². The molecule has 0 bridgehead atoms. The fourth-order valence-corrected chi connectivity index (χ4v) is 3.05. The number of benzene rings is 1. The Morgan fingerprint density at radius 1 is 1.09 bits per heavy atom. The van der Waals surface area contributed by atoms with Gasteiger partial charge in [0, 0.05) is 23.1 Å². The molecule has 2 heterocycles. The summed E-state index contributed by atoms with van der Waals surface area (Å²) >= 11 is 1.71. The molecule has 3 rings (SSSR count). The van der Waals surface area contributed by atoms with Crippen LogP contribution in [0.3, 0.4) is 0 Å². The second kappa shape index (κ2) is 6.41. The van der Waals surface area contributed by atoms with E-state index in [4.69, 9.17) is 11.1 Å². The third kappa shape index (κ3) is 2.99. The van der Waals surface area contributed by atoms with Gasteiger partial charge < -0.3 is 5.73 Å². The third-order valence-corrected chi connectivity index (χ3v) is 4.16. The van der Waals surface area contributed by atoms with Gasteiger partial charge in [-0.05, 0) is 29.6 Å². The van der Waals surface area contributed by atoms with Gasteiger partial charge in [0.25, 0.3) is 0 Å². The van der Waals surface area contributed by atoms with Crippen molar-refractivity contribution in [2.75, 3.05) is 4.90 Å². The molecule has 2 aromatic heterocycles. The Labute approximate surface area is 133 Å². The molecule has 0 aliphatic rings. The predicted octanol–water partition coefficient (Wildman–Crippen LogP) is 3.77. The lowest BCUT2D eigenvalue weighted by molar-refractivity contribution is 1.11. The molecular formula is C17H16N4S. The number of guanidine groups is 1. The van der Waals surface area contributed by atoms with Gasteiger partial charge in [0.1, 0.15) is 5.82 Å². The first-order chi connectivity index (χ1) is 10.8. The van der Waals surface area contributed by atoms with Gasteiger partial charge in [-0.2, -0.15) is 0 Å². The van der Waals surface area contributed by atoms with Crippen LogP contribution in [0, 0.1) is 5.41 Å². The summed E-state index contributed by atoms with van der Waals surface area (Å²) in [7, 11) is 0. The molecule has 3 aromatic rings. The molecule has 22 heavy (non-hydrogen) atoms. The summed E-state index contributed by atoms with van der Waals surface area (Å²) in [5.74, 6) is 0.659. The summed E-state index contributed by atoms with van der Waals surface area (Å²) in [6.07, 6.45) is 2.50. The summed E-state index contributed by atoms with van der Waals surface area (Å²) in [5.41, 5.74) is 7.69. The van der Waals surface area contributed by atoms with Gasteiger partial charge in [0.2, 0.25) is 0 Å². The Hall–Kier alpha value is -2.66. The summed E-state index contributed by atoms with van der Waals surface area (Å²) in [6, 6.07) is 17.7. The van der Waals surface area contributed by atoms with Crippen molar-refractivity contribution in [3.8, 4) is 0 Å². The molecule has 1 aromatic carbocycles. The highest BCUT2D eigenvalue weighted by Gasteiger charge is 2.17. The molecule has 0 radical (unpaired) electrons. The first kappa shape index (κ1) is 14.3. The fraction of sp³-hybridized carbons (Fsp3) is 0.0588. The molecular weight excluding hydrogens is 292 g/mol. The standard InChI is InChI=1S/C17H16N4S/c18-17(19)21(14-7-2-1-3-8-14)16-13(6-4-10-20-16)12-15-9-5-11-22-15/h1-11H,12H2,(H3,18,19). The molecule has 110 valence electrons. The molecule has 0 aliphatic carbocycles. The van der Waals surface area contributed by atoms with Crippen molar-refractivity contribution in [3.63, 3.8) is 0 Å². The molecule has 3 N–H and O–H groups in total. The molecule has 5 heteroatoms. The second-order valence-corrected chi connectivity index (χ2v) is 5.83. The van der Waals surface area contributed by atoms with E-state index in [0.717, 1.165) is 17.7 Å². The first-order valence-corrected chi connectivity index (χ1v) is 7.79. The monoisotopic (exact) mass is 308 g/mol. The lowest BCUT2D eigenvalue weighted by Crippen LogP contribution is -2.33. The molecule has 0 spiro atoms. The maximum absolute atomic E-state index is 7.94. The quantitative estimate of drug-likeness (QED) is 0.569. The normalized spacial score (nSPS) is 10.4. The number of aromatic nitrogens is 1. The van der Waals surface area contributed by atoms with Crippen molar-refractivity contribution in [3.05, 3.63) is 76.6 Å². The molecule has 0 amide bonds. The molecule has 4 nitrogen and oxygen atoms in total. The van der Waals surface area contributed by atoms with Crippen LogP contribution in [0.15, 0.2) is 66.2 Å². The Morgan fingerprint density at radius 2 is 1.91 bits per heavy atom. The Balaban J connectivity index is 2.03. The Morgan fingerprint density at radius 3 is 2.59 bits per heavy atom. The number of hydrogen-bond donors (Lipinski definition) is 2. The summed E-state index contributed by atoms with van der Waals surface area (Å²) in [4.78, 5) is 7.39. The Bertz CT molecular complexity index is 753. The SMILES string of the molecule is N=C(N)N(c1ccccc1)c1ncccc1Cc1cccs1. The number of nitrogens with two attached hydrogens (primary N) is 1. The van der Waals surface area contributed by atoms with E-state index in [1.54, 1.807) is 22.4 Å². The highest BCUT2D eigenvalue weighted by molar-refractivity contribution is 7.09. The minimum absolute atomic E-state index is 0.0441. The van der Waals surface area contributed by atoms with Crippen LogP contribution in [0.4, 0.5) is 11.5 Å². The molecule has 0 saturated carbocycles. The minimum Gasteiger partial charge on any atom is -0.369 e. The largest absolute Gasteiger partial charge is 0.369 e. The van der Waals surface area contributed by atoms with Crippen LogP contribution < -0.4 is 10.6 Å². The number of rotatable bonds is 4. The third-order valence-electron chi connectivity index (χ3n) is 3.28. The van der Waals surface area contributed by atoms with Crippen LogP contribution in [0.1, 0.15) is 10.4 Å². The first-order valence-electron chi connectivity index (χ1n) is 6.91. The molecule has 0 saturated heterocycles. The topological polar surface area (TPSA) is 66.0 Å². The number of pyridine rings is 1. The van der Waals surface area contributed by atoms with Gasteiger partial charge in [-0.3, -0.25) is 10.3 Å². The van der Waals surface area contributed by atoms with Gasteiger partial charge in [0.05, 0.1) is 5.69 Å². The summed E-state index contributed by atoms with van der Waals surface area (Å²) in [5, 5.41) is 10.0. The molecule has 0 fully saturated rings. The number of nitrogens with one attached hydrogen (secondary N) is 1. The van der Waals surface area contributed by atoms with Crippen LogP contribution in [0.2, 0.25) is 0 Å². The van der Waals surface area contributed by atoms with Gasteiger partial charge in [0.15, 0.2) is 5.96 Å². The van der Waals surface area contributed by atoms with E-state index in [1.807, 2.05) is 48.5 Å². The van der Waals surface area contributed by atoms with Crippen molar-refractivity contribution in [2.45, 2.75) is 6.42 Å². The Kier molecular flexibility index (Phi) is 4.16. The molecule has 0 unspecified atom stereocenters. The average molecular weight is 308 g/mol. The number of anilines is 2. The highest BCUT2D eigenvalue weighted by Crippen LogP contribution is 2.28. The van der Waals surface area contributed by atoms with Crippen molar-refractivity contribution >= 4 is 28.8 Å². The summed E-state index contributed by atoms with van der Waals surface area (Å²) < 4.78 is 0. The van der Waals surface area contributed by atoms with E-state index in [2.05, 4.69) is 16.4 Å². The number of thiophene rings is 1. The fourth-order valence-electron chi connectivity index (χ4n) is 2.32. The van der Waals surface area contributed by atoms with Gasteiger partial charge >= 0.3 is 0 Å². The second-order valence-electron chi connectivity index (χ2n) is 4.80. The lowest BCUT2D eigenvalue weighted by atomic mass is 10.1. The predicted molar refractivity (Wildman–Crippen MR) is 91.9 cm³/mol. The number of para-hydroxylation sites is 1. The molecule has 0 aliphatic heterocycles. The number of hydrogen-bond acceptors (Lipinski definition) is 3. The maximum atomic E-state index is 7.94. The average Bonchev–Trinajstić information content (AvgIpc) is 3.03. The zero-order valence-electron chi connectivity index (χ0n) is 11.9. The highest BCUT2D eigenvalue weighted by atomic mass is 32.1. The van der Waals surface area contributed by atoms with Crippen LogP contribution in [0.5, 0.6) is 0 Å². The van der Waals surface area contributed by atoms with Crippen molar-refractivity contribution in [1.29, 1.82) is 5.41 Å². The van der Waals surface area contributed by atoms with Crippen LogP contribution in [0.25, 0.3) is 0 Å². The number of nitrogens with zero attached hydrogens (tertiary/aromatic N) is 2. The zero-order valence-corrected chi connectivity index (χ0v) is 12.8. The van der Waals surface area contributed by atoms with E-state index in [-0.39, 0.29) is 5.96 Å². The summed E-state index contributed by atoms with van der Waals surface area (Å²) in [6.45, 7) is 0. The van der Waals surface area contributed by atoms with Gasteiger partial charge in [-0.1, -0.05) is 30.3 Å². The molecule has 0 atom stereocenters. The van der Waals surface area contributed by atoms with Crippen LogP contribution >= 0.6 is 11.3 Å². The van der Waals surface area contributed by atoms with E-state index in [0.29, 0.717) is 5.82 Å². The lowest BCUT2D eigenvalue weighted by Gasteiger charge is -2.24.